The van der Waals surface area contributed by atoms with E-state index < -0.39 is 28.6 Å². The molecule has 0 radical (unpaired) electrons. The molecule has 0 aliphatic heterocycles. The van der Waals surface area contributed by atoms with Crippen molar-refractivity contribution in [2.45, 2.75) is 18.7 Å². The van der Waals surface area contributed by atoms with Gasteiger partial charge >= 0.3 is 6.09 Å². The highest BCUT2D eigenvalue weighted by Gasteiger charge is 2.25. The minimum atomic E-state index is -3.89. The summed E-state index contributed by atoms with van der Waals surface area (Å²) in [5, 5.41) is 5.05. The van der Waals surface area contributed by atoms with Crippen molar-refractivity contribution in [1.82, 2.24) is 0 Å². The summed E-state index contributed by atoms with van der Waals surface area (Å²) in [5.74, 6) is -0.181. The maximum absolute atomic E-state index is 12.5. The fourth-order valence-electron chi connectivity index (χ4n) is 2.45. The average Bonchev–Trinajstić information content (AvgIpc) is 2.59. The van der Waals surface area contributed by atoms with E-state index in [-0.39, 0.29) is 10.6 Å². The second-order valence-electron chi connectivity index (χ2n) is 5.85. The van der Waals surface area contributed by atoms with E-state index in [1.54, 1.807) is 12.1 Å². The monoisotopic (exact) mass is 392 g/mol. The van der Waals surface area contributed by atoms with Crippen molar-refractivity contribution in [3.8, 4) is 5.75 Å². The lowest BCUT2D eigenvalue weighted by molar-refractivity contribution is -0.120. The van der Waals surface area contributed by atoms with Gasteiger partial charge in [-0.2, -0.15) is 0 Å². The quantitative estimate of drug-likeness (QED) is 0.833. The lowest BCUT2D eigenvalue weighted by Crippen LogP contribution is -2.40. The zero-order chi connectivity index (χ0) is 20.2. The zero-order valence-corrected chi connectivity index (χ0v) is 15.9. The van der Waals surface area contributed by atoms with E-state index in [1.807, 2.05) is 19.9 Å². The smallest absolute Gasteiger partial charge is 0.421 e. The standard InChI is InChI=1S/C18H20N2O6S/c1-12-8-13(2)10-15(9-12)26-11-17(21)20(18(22)25-3)14-4-6-16(7-5-14)27(19,23)24/h4-10H,11H2,1-3H3,(H2,19,23,24). The van der Waals surface area contributed by atoms with E-state index in [1.165, 1.54) is 24.3 Å². The summed E-state index contributed by atoms with van der Waals surface area (Å²) in [6, 6.07) is 10.4. The van der Waals surface area contributed by atoms with Crippen LogP contribution in [0.25, 0.3) is 0 Å². The van der Waals surface area contributed by atoms with Crippen molar-refractivity contribution in [2.24, 2.45) is 5.14 Å². The SMILES string of the molecule is COC(=O)N(C(=O)COc1cc(C)cc(C)c1)c1ccc(S(N)(=O)=O)cc1. The second-order valence-corrected chi connectivity index (χ2v) is 7.41. The lowest BCUT2D eigenvalue weighted by atomic mass is 10.1. The Balaban J connectivity index is 2.22. The molecule has 2 N–H and O–H groups in total. The summed E-state index contributed by atoms with van der Waals surface area (Å²) in [5.41, 5.74) is 2.07. The second kappa shape index (κ2) is 8.19. The number of amides is 2. The van der Waals surface area contributed by atoms with Gasteiger partial charge in [0, 0.05) is 0 Å². The number of hydrogen-bond donors (Lipinski definition) is 1. The van der Waals surface area contributed by atoms with Crippen LogP contribution in [0.5, 0.6) is 5.75 Å². The first-order valence-corrected chi connectivity index (χ1v) is 9.41. The minimum Gasteiger partial charge on any atom is -0.484 e. The van der Waals surface area contributed by atoms with Crippen molar-refractivity contribution < 1.29 is 27.5 Å². The number of primary sulfonamides is 1. The molecule has 0 fully saturated rings. The molecular weight excluding hydrogens is 372 g/mol. The first-order chi connectivity index (χ1) is 12.6. The third-order valence-electron chi connectivity index (χ3n) is 3.59. The first-order valence-electron chi connectivity index (χ1n) is 7.86. The van der Waals surface area contributed by atoms with E-state index in [0.717, 1.165) is 23.1 Å². The maximum atomic E-state index is 12.5. The van der Waals surface area contributed by atoms with E-state index in [9.17, 15) is 18.0 Å². The van der Waals surface area contributed by atoms with Gasteiger partial charge in [-0.25, -0.2) is 23.3 Å². The number of anilines is 1. The van der Waals surface area contributed by atoms with Gasteiger partial charge in [0.15, 0.2) is 6.61 Å². The van der Waals surface area contributed by atoms with Crippen LogP contribution in [0.3, 0.4) is 0 Å². The van der Waals surface area contributed by atoms with Gasteiger partial charge in [0.1, 0.15) is 5.75 Å². The van der Waals surface area contributed by atoms with Gasteiger partial charge in [-0.1, -0.05) is 6.07 Å². The number of hydrogen-bond acceptors (Lipinski definition) is 6. The predicted molar refractivity (Wildman–Crippen MR) is 99.1 cm³/mol. The summed E-state index contributed by atoms with van der Waals surface area (Å²) < 4.78 is 32.8. The van der Waals surface area contributed by atoms with Crippen LogP contribution in [-0.4, -0.2) is 34.1 Å². The molecule has 0 aromatic heterocycles. The third-order valence-corrected chi connectivity index (χ3v) is 4.52. The van der Waals surface area contributed by atoms with Crippen LogP contribution in [-0.2, 0) is 19.6 Å². The Kier molecular flexibility index (Phi) is 6.19. The first kappa shape index (κ1) is 20.4. The van der Waals surface area contributed by atoms with Crippen molar-refractivity contribution in [3.05, 3.63) is 53.6 Å². The van der Waals surface area contributed by atoms with Crippen LogP contribution < -0.4 is 14.8 Å². The number of sulfonamides is 1. The summed E-state index contributed by atoms with van der Waals surface area (Å²) in [4.78, 5) is 25.2. The molecule has 27 heavy (non-hydrogen) atoms. The van der Waals surface area contributed by atoms with E-state index in [2.05, 4.69) is 4.74 Å². The number of methoxy groups -OCH3 is 1. The van der Waals surface area contributed by atoms with Gasteiger partial charge in [-0.3, -0.25) is 4.79 Å². The molecule has 8 nitrogen and oxygen atoms in total. The Morgan fingerprint density at radius 2 is 1.59 bits per heavy atom. The van der Waals surface area contributed by atoms with Crippen LogP contribution >= 0.6 is 0 Å². The highest BCUT2D eigenvalue weighted by atomic mass is 32.2. The van der Waals surface area contributed by atoms with Gasteiger partial charge in [-0.15, -0.1) is 0 Å². The maximum Gasteiger partial charge on any atom is 0.421 e. The number of benzene rings is 2. The fraction of sp³-hybridized carbons (Fsp3) is 0.222. The van der Waals surface area contributed by atoms with Crippen molar-refractivity contribution in [2.75, 3.05) is 18.6 Å². The van der Waals surface area contributed by atoms with Crippen LogP contribution in [0, 0.1) is 13.8 Å². The van der Waals surface area contributed by atoms with Crippen LogP contribution in [0.4, 0.5) is 10.5 Å². The topological polar surface area (TPSA) is 116 Å². The summed E-state index contributed by atoms with van der Waals surface area (Å²) in [6.45, 7) is 3.39. The molecule has 2 amide bonds. The number of imide groups is 1. The summed E-state index contributed by atoms with van der Waals surface area (Å²) in [6.07, 6.45) is -0.924. The molecule has 0 aliphatic rings. The molecule has 2 rings (SSSR count). The lowest BCUT2D eigenvalue weighted by Gasteiger charge is -2.20. The predicted octanol–water partition coefficient (Wildman–Crippen LogP) is 2.13. The molecular formula is C18H20N2O6S. The molecule has 2 aromatic carbocycles. The van der Waals surface area contributed by atoms with Gasteiger partial charge in [0.2, 0.25) is 10.0 Å². The fourth-order valence-corrected chi connectivity index (χ4v) is 2.97. The molecule has 0 heterocycles. The number of rotatable bonds is 5. The van der Waals surface area contributed by atoms with E-state index >= 15 is 0 Å². The van der Waals surface area contributed by atoms with Crippen molar-refractivity contribution >= 4 is 27.7 Å². The molecule has 0 spiro atoms. The molecule has 0 unspecified atom stereocenters. The van der Waals surface area contributed by atoms with Gasteiger partial charge in [0.25, 0.3) is 5.91 Å². The highest BCUT2D eigenvalue weighted by molar-refractivity contribution is 7.89. The summed E-state index contributed by atoms with van der Waals surface area (Å²) in [7, 11) is -2.76. The molecule has 9 heteroatoms. The number of ether oxygens (including phenoxy) is 2. The number of carbonyl (C=O) groups excluding carboxylic acids is 2. The van der Waals surface area contributed by atoms with E-state index in [0.29, 0.717) is 5.75 Å². The van der Waals surface area contributed by atoms with Gasteiger partial charge < -0.3 is 9.47 Å². The molecule has 0 bridgehead atoms. The number of carbonyl (C=O) groups is 2. The average molecular weight is 392 g/mol. The molecule has 0 saturated carbocycles. The highest BCUT2D eigenvalue weighted by Crippen LogP contribution is 2.20. The van der Waals surface area contributed by atoms with Crippen LogP contribution in [0.1, 0.15) is 11.1 Å². The largest absolute Gasteiger partial charge is 0.484 e. The molecule has 0 saturated heterocycles. The van der Waals surface area contributed by atoms with Crippen LogP contribution in [0.15, 0.2) is 47.4 Å². The Labute approximate surface area is 157 Å². The molecule has 0 aliphatic carbocycles. The Morgan fingerprint density at radius 3 is 2.07 bits per heavy atom. The molecule has 0 atom stereocenters. The van der Waals surface area contributed by atoms with Gasteiger partial charge in [0.05, 0.1) is 17.7 Å². The van der Waals surface area contributed by atoms with Crippen LogP contribution in [0.2, 0.25) is 0 Å². The number of aryl methyl sites for hydroxylation is 2. The molecule has 144 valence electrons. The Bertz CT molecular complexity index is 934. The normalized spacial score (nSPS) is 11.0. The molecule has 2 aromatic rings. The Morgan fingerprint density at radius 1 is 1.04 bits per heavy atom. The summed E-state index contributed by atoms with van der Waals surface area (Å²) >= 11 is 0. The Hall–Kier alpha value is -2.91. The zero-order valence-electron chi connectivity index (χ0n) is 15.1. The van der Waals surface area contributed by atoms with Gasteiger partial charge in [-0.05, 0) is 61.4 Å². The number of nitrogens with zero attached hydrogens (tertiary/aromatic N) is 1. The van der Waals surface area contributed by atoms with E-state index in [4.69, 9.17) is 9.88 Å². The minimum absolute atomic E-state index is 0.128. The number of nitrogens with two attached hydrogens (primary N) is 1. The van der Waals surface area contributed by atoms with Crippen molar-refractivity contribution in [1.29, 1.82) is 0 Å². The van der Waals surface area contributed by atoms with Crippen molar-refractivity contribution in [3.63, 3.8) is 0 Å². The third kappa shape index (κ3) is 5.28.